The van der Waals surface area contributed by atoms with Gasteiger partial charge in [-0.25, -0.2) is 0 Å². The number of likely N-dealkylation sites (tertiary alicyclic amines) is 1. The fourth-order valence-corrected chi connectivity index (χ4v) is 1.96. The third kappa shape index (κ3) is 4.70. The van der Waals surface area contributed by atoms with E-state index in [1.54, 1.807) is 0 Å². The van der Waals surface area contributed by atoms with Crippen molar-refractivity contribution in [3.05, 3.63) is 0 Å². The van der Waals surface area contributed by atoms with Crippen LogP contribution in [0.2, 0.25) is 0 Å². The Morgan fingerprint density at radius 2 is 2.00 bits per heavy atom. The van der Waals surface area contributed by atoms with Crippen LogP contribution in [0.5, 0.6) is 0 Å². The van der Waals surface area contributed by atoms with Crippen molar-refractivity contribution in [2.75, 3.05) is 33.2 Å². The summed E-state index contributed by atoms with van der Waals surface area (Å²) in [5.74, 6) is -1.17. The zero-order valence-electron chi connectivity index (χ0n) is 10.4. The van der Waals surface area contributed by atoms with Crippen molar-refractivity contribution in [3.8, 4) is 0 Å². The highest BCUT2D eigenvalue weighted by Crippen LogP contribution is 2.13. The summed E-state index contributed by atoms with van der Waals surface area (Å²) < 4.78 is 0. The molecule has 0 spiro atoms. The molecular formula is C11H22N4O2. The van der Waals surface area contributed by atoms with Crippen LogP contribution in [0.15, 0.2) is 0 Å². The van der Waals surface area contributed by atoms with Crippen molar-refractivity contribution in [2.24, 2.45) is 5.73 Å². The molecule has 6 heteroatoms. The molecule has 1 fully saturated rings. The summed E-state index contributed by atoms with van der Waals surface area (Å²) in [5.41, 5.74) is 5.23. The molecule has 0 bridgehead atoms. The molecule has 1 aliphatic heterocycles. The van der Waals surface area contributed by atoms with Crippen LogP contribution in [0, 0.1) is 0 Å². The van der Waals surface area contributed by atoms with Crippen LogP contribution in [0.3, 0.4) is 0 Å². The second-order valence-electron chi connectivity index (χ2n) is 4.38. The predicted molar refractivity (Wildman–Crippen MR) is 65.3 cm³/mol. The summed E-state index contributed by atoms with van der Waals surface area (Å²) in [7, 11) is 2.05. The highest BCUT2D eigenvalue weighted by molar-refractivity contribution is 6.35. The first-order valence-corrected chi connectivity index (χ1v) is 6.11. The van der Waals surface area contributed by atoms with Gasteiger partial charge in [-0.2, -0.15) is 0 Å². The van der Waals surface area contributed by atoms with Crippen LogP contribution in [-0.2, 0) is 9.59 Å². The average Bonchev–Trinajstić information content (AvgIpc) is 2.34. The molecule has 1 atom stereocenters. The molecule has 1 heterocycles. The lowest BCUT2D eigenvalue weighted by Gasteiger charge is -2.32. The largest absolute Gasteiger partial charge is 0.347 e. The number of nitrogens with one attached hydrogen (secondary N) is 2. The molecule has 0 saturated carbocycles. The van der Waals surface area contributed by atoms with E-state index < -0.39 is 11.8 Å². The van der Waals surface area contributed by atoms with Crippen molar-refractivity contribution in [2.45, 2.75) is 25.3 Å². The molecule has 1 saturated heterocycles. The number of likely N-dealkylation sites (N-methyl/N-ethyl adjacent to an activating group) is 1. The first-order chi connectivity index (χ1) is 8.15. The summed E-state index contributed by atoms with van der Waals surface area (Å²) in [4.78, 5) is 24.9. The molecular weight excluding hydrogens is 220 g/mol. The van der Waals surface area contributed by atoms with E-state index in [9.17, 15) is 9.59 Å². The number of carbonyl (C=O) groups is 2. The van der Waals surface area contributed by atoms with Crippen molar-refractivity contribution < 1.29 is 9.59 Å². The molecule has 1 aliphatic rings. The first kappa shape index (κ1) is 13.9. The van der Waals surface area contributed by atoms with Crippen molar-refractivity contribution in [1.29, 1.82) is 0 Å². The molecule has 98 valence electrons. The van der Waals surface area contributed by atoms with Crippen LogP contribution < -0.4 is 16.4 Å². The maximum Gasteiger partial charge on any atom is 0.309 e. The van der Waals surface area contributed by atoms with Gasteiger partial charge in [0.05, 0.1) is 0 Å². The monoisotopic (exact) mass is 242 g/mol. The average molecular weight is 242 g/mol. The van der Waals surface area contributed by atoms with Gasteiger partial charge in [0.15, 0.2) is 0 Å². The van der Waals surface area contributed by atoms with E-state index in [0.29, 0.717) is 25.7 Å². The molecule has 4 N–H and O–H groups in total. The van der Waals surface area contributed by atoms with Gasteiger partial charge >= 0.3 is 11.8 Å². The lowest BCUT2D eigenvalue weighted by Crippen LogP contribution is -2.48. The van der Waals surface area contributed by atoms with Crippen molar-refractivity contribution in [1.82, 2.24) is 15.5 Å². The van der Waals surface area contributed by atoms with Crippen LogP contribution in [0.1, 0.15) is 19.3 Å². The van der Waals surface area contributed by atoms with Gasteiger partial charge in [-0.15, -0.1) is 0 Å². The minimum atomic E-state index is -0.603. The van der Waals surface area contributed by atoms with E-state index >= 15 is 0 Å². The molecule has 0 radical (unpaired) electrons. The normalized spacial score (nSPS) is 20.9. The van der Waals surface area contributed by atoms with Crippen molar-refractivity contribution in [3.63, 3.8) is 0 Å². The Balaban J connectivity index is 2.24. The molecule has 0 aromatic carbocycles. The molecule has 1 rings (SSSR count). The number of rotatable bonds is 4. The standard InChI is InChI=1S/C11H22N4O2/c1-15-7-3-2-4-9(15)8-14-11(17)10(16)13-6-5-12/h9H,2-8,12H2,1H3,(H,13,16)(H,14,17). The van der Waals surface area contributed by atoms with E-state index in [1.807, 2.05) is 7.05 Å². The molecule has 2 amide bonds. The molecule has 0 aromatic rings. The van der Waals surface area contributed by atoms with Gasteiger partial charge in [0.25, 0.3) is 0 Å². The Morgan fingerprint density at radius 3 is 2.65 bits per heavy atom. The highest BCUT2D eigenvalue weighted by Gasteiger charge is 2.20. The number of carbonyl (C=O) groups excluding carboxylic acids is 2. The number of nitrogens with two attached hydrogens (primary N) is 1. The van der Waals surface area contributed by atoms with Gasteiger partial charge in [-0.05, 0) is 26.4 Å². The van der Waals surface area contributed by atoms with E-state index in [4.69, 9.17) is 5.73 Å². The summed E-state index contributed by atoms with van der Waals surface area (Å²) in [5, 5.41) is 5.10. The zero-order chi connectivity index (χ0) is 12.7. The minimum absolute atomic E-state index is 0.329. The Labute approximate surface area is 102 Å². The fourth-order valence-electron chi connectivity index (χ4n) is 1.96. The molecule has 0 aliphatic carbocycles. The predicted octanol–water partition coefficient (Wildman–Crippen LogP) is -1.34. The van der Waals surface area contributed by atoms with Crippen LogP contribution >= 0.6 is 0 Å². The minimum Gasteiger partial charge on any atom is -0.347 e. The summed E-state index contributed by atoms with van der Waals surface area (Å²) in [6.45, 7) is 2.26. The number of hydrogen-bond acceptors (Lipinski definition) is 4. The third-order valence-electron chi connectivity index (χ3n) is 3.06. The zero-order valence-corrected chi connectivity index (χ0v) is 10.4. The Bertz CT molecular complexity index is 270. The summed E-state index contributed by atoms with van der Waals surface area (Å²) in [6.07, 6.45) is 3.46. The summed E-state index contributed by atoms with van der Waals surface area (Å²) >= 11 is 0. The molecule has 1 unspecified atom stereocenters. The van der Waals surface area contributed by atoms with Crippen LogP contribution in [-0.4, -0.2) is 56.0 Å². The number of hydrogen-bond donors (Lipinski definition) is 3. The number of piperidine rings is 1. The number of amides is 2. The topological polar surface area (TPSA) is 87.5 Å². The van der Waals surface area contributed by atoms with Gasteiger partial charge < -0.3 is 21.3 Å². The quantitative estimate of drug-likeness (QED) is 0.533. The Hall–Kier alpha value is -1.14. The van der Waals surface area contributed by atoms with Crippen LogP contribution in [0.25, 0.3) is 0 Å². The fraction of sp³-hybridized carbons (Fsp3) is 0.818. The van der Waals surface area contributed by atoms with E-state index in [-0.39, 0.29) is 0 Å². The van der Waals surface area contributed by atoms with Gasteiger partial charge in [-0.3, -0.25) is 9.59 Å². The van der Waals surface area contributed by atoms with E-state index in [1.165, 1.54) is 12.8 Å². The molecule has 0 aromatic heterocycles. The second-order valence-corrected chi connectivity index (χ2v) is 4.38. The van der Waals surface area contributed by atoms with Gasteiger partial charge in [0, 0.05) is 25.7 Å². The SMILES string of the molecule is CN1CCCCC1CNC(=O)C(=O)NCCN. The number of nitrogens with zero attached hydrogens (tertiary/aromatic N) is 1. The van der Waals surface area contributed by atoms with Gasteiger partial charge in [0.1, 0.15) is 0 Å². The maximum atomic E-state index is 11.4. The van der Waals surface area contributed by atoms with Crippen molar-refractivity contribution >= 4 is 11.8 Å². The smallest absolute Gasteiger partial charge is 0.309 e. The van der Waals surface area contributed by atoms with Crippen LogP contribution in [0.4, 0.5) is 0 Å². The Kier molecular flexibility index (Phi) is 5.93. The molecule has 17 heavy (non-hydrogen) atoms. The highest BCUT2D eigenvalue weighted by atomic mass is 16.2. The van der Waals surface area contributed by atoms with E-state index in [0.717, 1.165) is 13.0 Å². The Morgan fingerprint density at radius 1 is 1.29 bits per heavy atom. The van der Waals surface area contributed by atoms with Gasteiger partial charge in [0.2, 0.25) is 0 Å². The summed E-state index contributed by atoms with van der Waals surface area (Å²) in [6, 6.07) is 0.343. The lowest BCUT2D eigenvalue weighted by molar-refractivity contribution is -0.139. The third-order valence-corrected chi connectivity index (χ3v) is 3.06. The van der Waals surface area contributed by atoms with E-state index in [2.05, 4.69) is 15.5 Å². The maximum absolute atomic E-state index is 11.4. The lowest BCUT2D eigenvalue weighted by atomic mass is 10.0. The first-order valence-electron chi connectivity index (χ1n) is 6.11. The molecule has 6 nitrogen and oxygen atoms in total. The van der Waals surface area contributed by atoms with Gasteiger partial charge in [-0.1, -0.05) is 6.42 Å². The second kappa shape index (κ2) is 7.24.